The Labute approximate surface area is 100 Å². The molecule has 5 nitrogen and oxygen atoms in total. The van der Waals surface area contributed by atoms with E-state index in [1.165, 1.54) is 12.5 Å². The number of aliphatic imine (C=N–C) groups is 1. The van der Waals surface area contributed by atoms with E-state index in [0.29, 0.717) is 6.20 Å². The summed E-state index contributed by atoms with van der Waals surface area (Å²) in [6.45, 7) is 0. The Balaban J connectivity index is 2.38. The van der Waals surface area contributed by atoms with Crippen molar-refractivity contribution in [3.63, 3.8) is 0 Å². The number of hydrogen-bond donors (Lipinski definition) is 3. The van der Waals surface area contributed by atoms with Gasteiger partial charge in [0.1, 0.15) is 0 Å². The molecule has 1 aliphatic heterocycles. The predicted octanol–water partition coefficient (Wildman–Crippen LogP) is 0.644. The van der Waals surface area contributed by atoms with E-state index in [4.69, 9.17) is 11.5 Å². The van der Waals surface area contributed by atoms with E-state index < -0.39 is 17.4 Å². The number of rotatable bonds is 1. The normalized spacial score (nSPS) is 23.4. The highest BCUT2D eigenvalue weighted by Crippen LogP contribution is 2.30. The Morgan fingerprint density at radius 3 is 2.50 bits per heavy atom. The van der Waals surface area contributed by atoms with Gasteiger partial charge in [0.2, 0.25) is 0 Å². The number of pyridine rings is 1. The topological polar surface area (TPSA) is 89.3 Å². The molecule has 1 atom stereocenters. The molecular weight excluding hydrogens is 247 g/mol. The number of nitrogens with one attached hydrogen (secondary N) is 1. The second-order valence-corrected chi connectivity index (χ2v) is 3.72. The van der Waals surface area contributed by atoms with E-state index in [1.807, 2.05) is 0 Å². The fraction of sp³-hybridized carbons (Fsp3) is 0.200. The summed E-state index contributed by atoms with van der Waals surface area (Å²) in [5, 5.41) is 2.63. The minimum atomic E-state index is -4.44. The molecule has 1 aliphatic rings. The molecule has 2 rings (SSSR count). The second kappa shape index (κ2) is 3.98. The zero-order valence-electron chi connectivity index (χ0n) is 9.07. The molecule has 18 heavy (non-hydrogen) atoms. The Kier molecular flexibility index (Phi) is 2.74. The summed E-state index contributed by atoms with van der Waals surface area (Å²) in [6, 6.07) is 2.05. The maximum atomic E-state index is 12.4. The first-order valence-electron chi connectivity index (χ1n) is 4.92. The van der Waals surface area contributed by atoms with Crippen LogP contribution in [0.25, 0.3) is 0 Å². The molecule has 1 aromatic rings. The van der Waals surface area contributed by atoms with Crippen molar-refractivity contribution in [2.45, 2.75) is 11.8 Å². The van der Waals surface area contributed by atoms with Crippen LogP contribution < -0.4 is 16.8 Å². The summed E-state index contributed by atoms with van der Waals surface area (Å²) in [5.41, 5.74) is 9.59. The Bertz CT molecular complexity index is 505. The first kappa shape index (κ1) is 12.4. The van der Waals surface area contributed by atoms with E-state index in [1.54, 1.807) is 0 Å². The summed E-state index contributed by atoms with van der Waals surface area (Å²) >= 11 is 0. The highest BCUT2D eigenvalue weighted by atomic mass is 19.4. The van der Waals surface area contributed by atoms with Gasteiger partial charge in [-0.25, -0.2) is 4.99 Å². The molecule has 96 valence electrons. The van der Waals surface area contributed by atoms with Crippen molar-refractivity contribution >= 4 is 6.34 Å². The summed E-state index contributed by atoms with van der Waals surface area (Å²) < 4.78 is 37.2. The van der Waals surface area contributed by atoms with Gasteiger partial charge >= 0.3 is 6.18 Å². The molecule has 1 unspecified atom stereocenters. The fourth-order valence-electron chi connectivity index (χ4n) is 1.45. The number of halogens is 3. The van der Waals surface area contributed by atoms with Crippen LogP contribution >= 0.6 is 0 Å². The van der Waals surface area contributed by atoms with Crippen LogP contribution in [0.5, 0.6) is 0 Å². The third-order valence-corrected chi connectivity index (χ3v) is 2.50. The average molecular weight is 257 g/mol. The van der Waals surface area contributed by atoms with E-state index in [2.05, 4.69) is 15.3 Å². The molecule has 0 aliphatic carbocycles. The zero-order valence-corrected chi connectivity index (χ0v) is 9.07. The monoisotopic (exact) mass is 257 g/mol. The lowest BCUT2D eigenvalue weighted by Gasteiger charge is -2.27. The summed E-state index contributed by atoms with van der Waals surface area (Å²) in [7, 11) is 0. The zero-order chi connectivity index (χ0) is 13.4. The van der Waals surface area contributed by atoms with Crippen LogP contribution in [0.4, 0.5) is 13.2 Å². The highest BCUT2D eigenvalue weighted by molar-refractivity contribution is 5.60. The third kappa shape index (κ3) is 2.02. The first-order chi connectivity index (χ1) is 8.34. The van der Waals surface area contributed by atoms with Gasteiger partial charge < -0.3 is 11.1 Å². The standard InChI is InChI=1S/C10H10F3N5/c11-10(12,13)6-1-2-8(17-3-6)9(15)7(14)4-16-5-18-9/h1-5H,14-15H2,(H,16,18). The molecule has 5 N–H and O–H groups in total. The molecule has 0 amide bonds. The number of nitrogens with zero attached hydrogens (tertiary/aromatic N) is 2. The molecule has 0 radical (unpaired) electrons. The fourth-order valence-corrected chi connectivity index (χ4v) is 1.45. The smallest absolute Gasteiger partial charge is 0.397 e. The summed E-state index contributed by atoms with van der Waals surface area (Å²) in [5.74, 6) is 0. The molecule has 0 saturated carbocycles. The lowest BCUT2D eigenvalue weighted by molar-refractivity contribution is -0.137. The molecule has 8 heteroatoms. The first-order valence-corrected chi connectivity index (χ1v) is 4.92. The molecule has 0 aromatic carbocycles. The SMILES string of the molecule is NC1=CNC=NC1(N)c1ccc(C(F)(F)F)cn1. The molecule has 0 saturated heterocycles. The van der Waals surface area contributed by atoms with Crippen LogP contribution in [-0.4, -0.2) is 11.3 Å². The van der Waals surface area contributed by atoms with E-state index >= 15 is 0 Å². The van der Waals surface area contributed by atoms with Crippen molar-refractivity contribution in [1.82, 2.24) is 10.3 Å². The third-order valence-electron chi connectivity index (χ3n) is 2.50. The summed E-state index contributed by atoms with van der Waals surface area (Å²) in [6.07, 6.45) is -1.02. The van der Waals surface area contributed by atoms with Gasteiger partial charge in [0.25, 0.3) is 0 Å². The number of hydrogen-bond acceptors (Lipinski definition) is 5. The predicted molar refractivity (Wildman–Crippen MR) is 59.0 cm³/mol. The van der Waals surface area contributed by atoms with Crippen molar-refractivity contribution in [2.75, 3.05) is 0 Å². The van der Waals surface area contributed by atoms with E-state index in [0.717, 1.165) is 12.1 Å². The number of alkyl halides is 3. The van der Waals surface area contributed by atoms with Gasteiger partial charge in [-0.1, -0.05) is 0 Å². The largest absolute Gasteiger partial charge is 0.417 e. The van der Waals surface area contributed by atoms with Crippen LogP contribution in [-0.2, 0) is 11.8 Å². The van der Waals surface area contributed by atoms with Crippen LogP contribution in [0.1, 0.15) is 11.3 Å². The molecule has 0 fully saturated rings. The molecule has 2 heterocycles. The van der Waals surface area contributed by atoms with Gasteiger partial charge in [0.15, 0.2) is 5.66 Å². The van der Waals surface area contributed by atoms with Crippen molar-refractivity contribution in [2.24, 2.45) is 16.5 Å². The van der Waals surface area contributed by atoms with Crippen molar-refractivity contribution < 1.29 is 13.2 Å². The molecule has 1 aromatic heterocycles. The lowest BCUT2D eigenvalue weighted by atomic mass is 10.0. The van der Waals surface area contributed by atoms with E-state index in [-0.39, 0.29) is 11.4 Å². The van der Waals surface area contributed by atoms with Gasteiger partial charge in [-0.2, -0.15) is 13.2 Å². The van der Waals surface area contributed by atoms with Gasteiger partial charge in [0, 0.05) is 12.4 Å². The highest BCUT2D eigenvalue weighted by Gasteiger charge is 2.35. The Hall–Kier alpha value is -2.09. The minimum Gasteiger partial charge on any atom is -0.397 e. The average Bonchev–Trinajstić information content (AvgIpc) is 2.32. The molecular formula is C10H10F3N5. The van der Waals surface area contributed by atoms with Crippen LogP contribution in [0.3, 0.4) is 0 Å². The van der Waals surface area contributed by atoms with Crippen molar-refractivity contribution in [3.05, 3.63) is 41.5 Å². The maximum absolute atomic E-state index is 12.4. The number of aromatic nitrogens is 1. The molecule has 0 spiro atoms. The Morgan fingerprint density at radius 2 is 2.00 bits per heavy atom. The Morgan fingerprint density at radius 1 is 1.28 bits per heavy atom. The second-order valence-electron chi connectivity index (χ2n) is 3.72. The maximum Gasteiger partial charge on any atom is 0.417 e. The van der Waals surface area contributed by atoms with Gasteiger partial charge in [-0.05, 0) is 12.1 Å². The van der Waals surface area contributed by atoms with Crippen molar-refractivity contribution in [1.29, 1.82) is 0 Å². The van der Waals surface area contributed by atoms with Gasteiger partial charge in [-0.15, -0.1) is 0 Å². The molecule has 0 bridgehead atoms. The summed E-state index contributed by atoms with van der Waals surface area (Å²) in [4.78, 5) is 7.59. The lowest BCUT2D eigenvalue weighted by Crippen LogP contribution is -2.44. The van der Waals surface area contributed by atoms with Gasteiger partial charge in [0.05, 0.1) is 23.3 Å². The van der Waals surface area contributed by atoms with Crippen LogP contribution in [0, 0.1) is 0 Å². The quantitative estimate of drug-likeness (QED) is 0.689. The van der Waals surface area contributed by atoms with E-state index in [9.17, 15) is 13.2 Å². The van der Waals surface area contributed by atoms with Crippen molar-refractivity contribution in [3.8, 4) is 0 Å². The number of nitrogens with two attached hydrogens (primary N) is 2. The van der Waals surface area contributed by atoms with Crippen LogP contribution in [0.2, 0.25) is 0 Å². The minimum absolute atomic E-state index is 0.141. The van der Waals surface area contributed by atoms with Gasteiger partial charge in [-0.3, -0.25) is 10.7 Å². The van der Waals surface area contributed by atoms with Crippen LogP contribution in [0.15, 0.2) is 35.2 Å².